The standard InChI is InChI=1S/C17H20ClN3O3S/c1-10(15(22)19-12-4-5-12)25-17-20-14-9-11(18)3-6-13(14)16(23)21(17)7-8-24-2/h3,6,9-10,12H,4-5,7-8H2,1-2H3,(H,19,22). The Labute approximate surface area is 154 Å². The van der Waals surface area contributed by atoms with Gasteiger partial charge in [0.1, 0.15) is 0 Å². The van der Waals surface area contributed by atoms with Gasteiger partial charge in [-0.15, -0.1) is 0 Å². The molecule has 0 radical (unpaired) electrons. The van der Waals surface area contributed by atoms with Crippen molar-refractivity contribution in [3.8, 4) is 0 Å². The van der Waals surface area contributed by atoms with E-state index in [1.807, 2.05) is 6.92 Å². The molecule has 1 aliphatic carbocycles. The summed E-state index contributed by atoms with van der Waals surface area (Å²) < 4.78 is 6.66. The van der Waals surface area contributed by atoms with E-state index in [9.17, 15) is 9.59 Å². The van der Waals surface area contributed by atoms with E-state index in [0.29, 0.717) is 40.3 Å². The van der Waals surface area contributed by atoms with E-state index in [0.717, 1.165) is 12.8 Å². The lowest BCUT2D eigenvalue weighted by atomic mass is 10.2. The smallest absolute Gasteiger partial charge is 0.262 e. The molecular weight excluding hydrogens is 362 g/mol. The number of fused-ring (bicyclic) bond motifs is 1. The molecule has 1 aromatic heterocycles. The van der Waals surface area contributed by atoms with Crippen molar-refractivity contribution in [3.63, 3.8) is 0 Å². The minimum Gasteiger partial charge on any atom is -0.383 e. The number of aromatic nitrogens is 2. The molecule has 3 rings (SSSR count). The zero-order chi connectivity index (χ0) is 18.0. The summed E-state index contributed by atoms with van der Waals surface area (Å²) in [6.45, 7) is 2.58. The summed E-state index contributed by atoms with van der Waals surface area (Å²) >= 11 is 7.30. The van der Waals surface area contributed by atoms with Gasteiger partial charge in [-0.1, -0.05) is 23.4 Å². The maximum absolute atomic E-state index is 12.8. The largest absolute Gasteiger partial charge is 0.383 e. The maximum atomic E-state index is 12.8. The fourth-order valence-corrected chi connectivity index (χ4v) is 3.51. The molecule has 134 valence electrons. The van der Waals surface area contributed by atoms with Gasteiger partial charge in [-0.25, -0.2) is 4.98 Å². The molecule has 2 aromatic rings. The summed E-state index contributed by atoms with van der Waals surface area (Å²) in [5.41, 5.74) is 0.375. The molecule has 1 aromatic carbocycles. The Kier molecular flexibility index (Phi) is 5.66. The number of thioether (sulfide) groups is 1. The molecule has 1 N–H and O–H groups in total. The van der Waals surface area contributed by atoms with Crippen molar-refractivity contribution in [2.75, 3.05) is 13.7 Å². The van der Waals surface area contributed by atoms with E-state index < -0.39 is 0 Å². The van der Waals surface area contributed by atoms with Crippen LogP contribution >= 0.6 is 23.4 Å². The molecule has 0 saturated heterocycles. The highest BCUT2D eigenvalue weighted by Gasteiger charge is 2.27. The Balaban J connectivity index is 1.95. The highest BCUT2D eigenvalue weighted by molar-refractivity contribution is 8.00. The predicted octanol–water partition coefficient (Wildman–Crippen LogP) is 2.46. The second-order valence-electron chi connectivity index (χ2n) is 6.05. The number of benzene rings is 1. The fraction of sp³-hybridized carbons (Fsp3) is 0.471. The van der Waals surface area contributed by atoms with Crippen LogP contribution in [0.1, 0.15) is 19.8 Å². The molecule has 8 heteroatoms. The first-order chi connectivity index (χ1) is 12.0. The van der Waals surface area contributed by atoms with Gasteiger partial charge >= 0.3 is 0 Å². The summed E-state index contributed by atoms with van der Waals surface area (Å²) in [7, 11) is 1.58. The molecule has 1 unspecified atom stereocenters. The lowest BCUT2D eigenvalue weighted by Crippen LogP contribution is -2.33. The number of rotatable bonds is 7. The van der Waals surface area contributed by atoms with E-state index in [2.05, 4.69) is 10.3 Å². The Morgan fingerprint density at radius 2 is 2.28 bits per heavy atom. The molecule has 1 heterocycles. The van der Waals surface area contributed by atoms with Gasteiger partial charge in [-0.3, -0.25) is 14.2 Å². The Bertz CT molecular complexity index is 851. The zero-order valence-electron chi connectivity index (χ0n) is 14.1. The van der Waals surface area contributed by atoms with Crippen LogP contribution in [-0.2, 0) is 16.1 Å². The molecular formula is C17H20ClN3O3S. The van der Waals surface area contributed by atoms with Crippen LogP contribution in [0.5, 0.6) is 0 Å². The number of nitrogens with zero attached hydrogens (tertiary/aromatic N) is 2. The van der Waals surface area contributed by atoms with Crippen molar-refractivity contribution in [3.05, 3.63) is 33.6 Å². The van der Waals surface area contributed by atoms with Crippen molar-refractivity contribution in [1.29, 1.82) is 0 Å². The lowest BCUT2D eigenvalue weighted by Gasteiger charge is -2.16. The monoisotopic (exact) mass is 381 g/mol. The molecule has 1 fully saturated rings. The second-order valence-corrected chi connectivity index (χ2v) is 7.79. The van der Waals surface area contributed by atoms with Gasteiger partial charge < -0.3 is 10.1 Å². The van der Waals surface area contributed by atoms with E-state index in [-0.39, 0.29) is 16.7 Å². The third-order valence-corrected chi connectivity index (χ3v) is 5.30. The number of nitrogens with one attached hydrogen (secondary N) is 1. The third kappa shape index (κ3) is 4.34. The summed E-state index contributed by atoms with van der Waals surface area (Å²) in [5.74, 6) is -0.0359. The van der Waals surface area contributed by atoms with E-state index in [1.165, 1.54) is 11.8 Å². The van der Waals surface area contributed by atoms with Crippen LogP contribution in [0.4, 0.5) is 0 Å². The number of methoxy groups -OCH3 is 1. The Morgan fingerprint density at radius 3 is 2.96 bits per heavy atom. The highest BCUT2D eigenvalue weighted by atomic mass is 35.5. The summed E-state index contributed by atoms with van der Waals surface area (Å²) in [5, 5.41) is 4.14. The van der Waals surface area contributed by atoms with Gasteiger partial charge in [0.15, 0.2) is 5.16 Å². The lowest BCUT2D eigenvalue weighted by molar-refractivity contribution is -0.120. The number of halogens is 1. The summed E-state index contributed by atoms with van der Waals surface area (Å²) in [6.07, 6.45) is 2.07. The molecule has 1 aliphatic rings. The average Bonchev–Trinajstić information content (AvgIpc) is 3.38. The first kappa shape index (κ1) is 18.2. The van der Waals surface area contributed by atoms with Crippen LogP contribution in [0.15, 0.2) is 28.2 Å². The van der Waals surface area contributed by atoms with Gasteiger partial charge in [0.25, 0.3) is 5.56 Å². The van der Waals surface area contributed by atoms with E-state index in [1.54, 1.807) is 29.9 Å². The first-order valence-corrected chi connectivity index (χ1v) is 9.41. The number of amides is 1. The SMILES string of the molecule is COCCn1c(SC(C)C(=O)NC2CC2)nc2cc(Cl)ccc2c1=O. The van der Waals surface area contributed by atoms with Crippen molar-refractivity contribution in [2.45, 2.75) is 42.8 Å². The van der Waals surface area contributed by atoms with Crippen LogP contribution in [0.2, 0.25) is 5.02 Å². The Hall–Kier alpha value is -1.57. The number of carbonyl (C=O) groups is 1. The van der Waals surface area contributed by atoms with Crippen molar-refractivity contribution >= 4 is 40.2 Å². The quantitative estimate of drug-likeness (QED) is 0.589. The molecule has 0 spiro atoms. The minimum atomic E-state index is -0.349. The zero-order valence-corrected chi connectivity index (χ0v) is 15.7. The number of carbonyl (C=O) groups excluding carboxylic acids is 1. The fourth-order valence-electron chi connectivity index (χ4n) is 2.40. The highest BCUT2D eigenvalue weighted by Crippen LogP contribution is 2.25. The van der Waals surface area contributed by atoms with Gasteiger partial charge in [0.2, 0.25) is 5.91 Å². The molecule has 1 amide bonds. The van der Waals surface area contributed by atoms with Gasteiger partial charge in [0.05, 0.1) is 29.3 Å². The van der Waals surface area contributed by atoms with Crippen LogP contribution in [0, 0.1) is 0 Å². The van der Waals surface area contributed by atoms with Crippen LogP contribution < -0.4 is 10.9 Å². The number of hydrogen-bond acceptors (Lipinski definition) is 5. The Morgan fingerprint density at radius 1 is 1.52 bits per heavy atom. The molecule has 1 saturated carbocycles. The van der Waals surface area contributed by atoms with Crippen LogP contribution in [-0.4, -0.2) is 40.5 Å². The van der Waals surface area contributed by atoms with Crippen molar-refractivity contribution in [2.24, 2.45) is 0 Å². The average molecular weight is 382 g/mol. The normalized spacial score (nSPS) is 15.3. The topological polar surface area (TPSA) is 73.2 Å². The summed E-state index contributed by atoms with van der Waals surface area (Å²) in [4.78, 5) is 29.6. The second kappa shape index (κ2) is 7.76. The first-order valence-electron chi connectivity index (χ1n) is 8.15. The van der Waals surface area contributed by atoms with E-state index in [4.69, 9.17) is 16.3 Å². The molecule has 25 heavy (non-hydrogen) atoms. The molecule has 0 aliphatic heterocycles. The van der Waals surface area contributed by atoms with Gasteiger partial charge in [-0.2, -0.15) is 0 Å². The summed E-state index contributed by atoms with van der Waals surface area (Å²) in [6, 6.07) is 5.31. The number of ether oxygens (including phenoxy) is 1. The molecule has 6 nitrogen and oxygen atoms in total. The third-order valence-electron chi connectivity index (χ3n) is 3.98. The molecule has 0 bridgehead atoms. The van der Waals surface area contributed by atoms with Crippen molar-refractivity contribution < 1.29 is 9.53 Å². The number of hydrogen-bond donors (Lipinski definition) is 1. The van der Waals surface area contributed by atoms with Crippen LogP contribution in [0.3, 0.4) is 0 Å². The van der Waals surface area contributed by atoms with Gasteiger partial charge in [-0.05, 0) is 38.0 Å². The van der Waals surface area contributed by atoms with Gasteiger partial charge in [0, 0.05) is 18.2 Å². The van der Waals surface area contributed by atoms with Crippen molar-refractivity contribution in [1.82, 2.24) is 14.9 Å². The molecule has 1 atom stereocenters. The minimum absolute atomic E-state index is 0.0359. The van der Waals surface area contributed by atoms with E-state index >= 15 is 0 Å². The van der Waals surface area contributed by atoms with Crippen LogP contribution in [0.25, 0.3) is 10.9 Å². The predicted molar refractivity (Wildman–Crippen MR) is 99.4 cm³/mol. The maximum Gasteiger partial charge on any atom is 0.262 e.